The smallest absolute Gasteiger partial charge is 0.224 e. The largest absolute Gasteiger partial charge is 0.340 e. The Labute approximate surface area is 127 Å². The summed E-state index contributed by atoms with van der Waals surface area (Å²) in [6, 6.07) is 1.05. The van der Waals surface area contributed by atoms with E-state index in [0.29, 0.717) is 25.0 Å². The van der Waals surface area contributed by atoms with Crippen LogP contribution in [0.15, 0.2) is 12.4 Å². The molecule has 0 unspecified atom stereocenters. The van der Waals surface area contributed by atoms with E-state index in [9.17, 15) is 4.79 Å². The summed E-state index contributed by atoms with van der Waals surface area (Å²) in [5.74, 6) is 0.255. The van der Waals surface area contributed by atoms with E-state index in [1.807, 2.05) is 28.9 Å². The van der Waals surface area contributed by atoms with Crippen LogP contribution in [0.25, 0.3) is 0 Å². The fourth-order valence-corrected chi connectivity index (χ4v) is 3.10. The lowest BCUT2D eigenvalue weighted by Gasteiger charge is -2.43. The standard InChI is InChI=1S/C16H28N4O/c1-5-15-12-18(8-9-20(15)13(2)3)16(21)6-7-19-11-14(4)10-17-19/h10-11,13,15H,5-9,12H2,1-4H3/t15-/m1/s1. The summed E-state index contributed by atoms with van der Waals surface area (Å²) in [6.07, 6.45) is 5.46. The highest BCUT2D eigenvalue weighted by molar-refractivity contribution is 5.76. The molecule has 2 heterocycles. The number of piperazine rings is 1. The topological polar surface area (TPSA) is 41.4 Å². The highest BCUT2D eigenvalue weighted by Gasteiger charge is 2.29. The van der Waals surface area contributed by atoms with Crippen molar-refractivity contribution in [3.63, 3.8) is 0 Å². The molecule has 118 valence electrons. The third-order valence-electron chi connectivity index (χ3n) is 4.33. The van der Waals surface area contributed by atoms with Gasteiger partial charge in [0, 0.05) is 50.9 Å². The van der Waals surface area contributed by atoms with Gasteiger partial charge in [0.2, 0.25) is 5.91 Å². The molecule has 1 amide bonds. The van der Waals surface area contributed by atoms with Crippen molar-refractivity contribution in [2.75, 3.05) is 19.6 Å². The van der Waals surface area contributed by atoms with E-state index in [1.54, 1.807) is 0 Å². The first kappa shape index (κ1) is 16.0. The summed E-state index contributed by atoms with van der Waals surface area (Å²) >= 11 is 0. The summed E-state index contributed by atoms with van der Waals surface area (Å²) in [5.41, 5.74) is 1.14. The monoisotopic (exact) mass is 292 g/mol. The van der Waals surface area contributed by atoms with Crippen molar-refractivity contribution in [3.05, 3.63) is 18.0 Å². The van der Waals surface area contributed by atoms with Gasteiger partial charge in [-0.2, -0.15) is 5.10 Å². The van der Waals surface area contributed by atoms with E-state index in [4.69, 9.17) is 0 Å². The van der Waals surface area contributed by atoms with Gasteiger partial charge in [0.1, 0.15) is 0 Å². The molecular weight excluding hydrogens is 264 g/mol. The molecule has 1 saturated heterocycles. The van der Waals surface area contributed by atoms with Crippen LogP contribution >= 0.6 is 0 Å². The Morgan fingerprint density at radius 3 is 2.76 bits per heavy atom. The molecule has 1 aromatic rings. The van der Waals surface area contributed by atoms with Gasteiger partial charge in [0.05, 0.1) is 6.20 Å². The van der Waals surface area contributed by atoms with Crippen LogP contribution < -0.4 is 0 Å². The number of rotatable bonds is 5. The molecule has 1 aromatic heterocycles. The lowest BCUT2D eigenvalue weighted by Crippen LogP contribution is -2.56. The predicted octanol–water partition coefficient (Wildman–Crippen LogP) is 1.91. The molecule has 0 N–H and O–H groups in total. The Balaban J connectivity index is 1.85. The van der Waals surface area contributed by atoms with Crippen LogP contribution in [-0.4, -0.2) is 57.2 Å². The maximum atomic E-state index is 12.4. The van der Waals surface area contributed by atoms with Crippen molar-refractivity contribution in [1.82, 2.24) is 19.6 Å². The van der Waals surface area contributed by atoms with Gasteiger partial charge >= 0.3 is 0 Å². The van der Waals surface area contributed by atoms with Crippen LogP contribution in [0, 0.1) is 6.92 Å². The number of hydrogen-bond acceptors (Lipinski definition) is 3. The van der Waals surface area contributed by atoms with Gasteiger partial charge in [0.25, 0.3) is 0 Å². The minimum Gasteiger partial charge on any atom is -0.340 e. The van der Waals surface area contributed by atoms with Gasteiger partial charge in [-0.05, 0) is 32.8 Å². The predicted molar refractivity (Wildman–Crippen MR) is 84.1 cm³/mol. The summed E-state index contributed by atoms with van der Waals surface area (Å²) < 4.78 is 1.86. The average Bonchev–Trinajstić information content (AvgIpc) is 2.89. The normalized spacial score (nSPS) is 20.2. The zero-order valence-electron chi connectivity index (χ0n) is 13.7. The van der Waals surface area contributed by atoms with Crippen molar-refractivity contribution in [1.29, 1.82) is 0 Å². The van der Waals surface area contributed by atoms with E-state index >= 15 is 0 Å². The van der Waals surface area contributed by atoms with Crippen LogP contribution in [0.3, 0.4) is 0 Å². The Morgan fingerprint density at radius 2 is 2.19 bits per heavy atom. The second-order valence-electron chi connectivity index (χ2n) is 6.26. The number of carbonyl (C=O) groups excluding carboxylic acids is 1. The molecule has 0 spiro atoms. The summed E-state index contributed by atoms with van der Waals surface area (Å²) in [5, 5.41) is 4.24. The minimum absolute atomic E-state index is 0.255. The van der Waals surface area contributed by atoms with Crippen LogP contribution in [0.5, 0.6) is 0 Å². The van der Waals surface area contributed by atoms with Crippen LogP contribution in [0.1, 0.15) is 39.2 Å². The van der Waals surface area contributed by atoms with Crippen molar-refractivity contribution in [3.8, 4) is 0 Å². The maximum absolute atomic E-state index is 12.4. The molecule has 5 heteroatoms. The number of carbonyl (C=O) groups is 1. The second-order valence-corrected chi connectivity index (χ2v) is 6.26. The fourth-order valence-electron chi connectivity index (χ4n) is 3.10. The molecule has 0 radical (unpaired) electrons. The molecular formula is C16H28N4O. The molecule has 21 heavy (non-hydrogen) atoms. The zero-order chi connectivity index (χ0) is 15.4. The first-order valence-corrected chi connectivity index (χ1v) is 8.03. The van der Waals surface area contributed by atoms with Crippen molar-refractivity contribution >= 4 is 5.91 Å². The van der Waals surface area contributed by atoms with E-state index < -0.39 is 0 Å². The number of nitrogens with zero attached hydrogens (tertiary/aromatic N) is 4. The molecule has 1 atom stereocenters. The van der Waals surface area contributed by atoms with E-state index in [-0.39, 0.29) is 5.91 Å². The first-order valence-electron chi connectivity index (χ1n) is 8.03. The Bertz CT molecular complexity index is 469. The summed E-state index contributed by atoms with van der Waals surface area (Å²) in [4.78, 5) is 16.9. The van der Waals surface area contributed by atoms with Crippen LogP contribution in [0.4, 0.5) is 0 Å². The fraction of sp³-hybridized carbons (Fsp3) is 0.750. The molecule has 0 bridgehead atoms. The highest BCUT2D eigenvalue weighted by atomic mass is 16.2. The molecule has 0 saturated carbocycles. The van der Waals surface area contributed by atoms with Gasteiger partial charge in [-0.1, -0.05) is 6.92 Å². The zero-order valence-corrected chi connectivity index (χ0v) is 13.7. The van der Waals surface area contributed by atoms with Gasteiger partial charge in [-0.15, -0.1) is 0 Å². The van der Waals surface area contributed by atoms with Crippen LogP contribution in [-0.2, 0) is 11.3 Å². The SMILES string of the molecule is CC[C@@H]1CN(C(=O)CCn2cc(C)cn2)CCN1C(C)C. The van der Waals surface area contributed by atoms with Gasteiger partial charge in [0.15, 0.2) is 0 Å². The Kier molecular flexibility index (Phi) is 5.39. The Hall–Kier alpha value is -1.36. The van der Waals surface area contributed by atoms with E-state index in [0.717, 1.165) is 31.6 Å². The number of aryl methyl sites for hydroxylation is 2. The first-order chi connectivity index (χ1) is 10.0. The Morgan fingerprint density at radius 1 is 1.43 bits per heavy atom. The minimum atomic E-state index is 0.255. The van der Waals surface area contributed by atoms with Gasteiger partial charge in [-0.3, -0.25) is 14.4 Å². The number of aromatic nitrogens is 2. The molecule has 0 aromatic carbocycles. The molecule has 2 rings (SSSR count). The second kappa shape index (κ2) is 7.07. The van der Waals surface area contributed by atoms with Crippen molar-refractivity contribution in [2.24, 2.45) is 0 Å². The summed E-state index contributed by atoms with van der Waals surface area (Å²) in [6.45, 7) is 12.1. The molecule has 1 aliphatic heterocycles. The lowest BCUT2D eigenvalue weighted by atomic mass is 10.1. The lowest BCUT2D eigenvalue weighted by molar-refractivity contribution is -0.135. The quantitative estimate of drug-likeness (QED) is 0.832. The van der Waals surface area contributed by atoms with E-state index in [1.165, 1.54) is 0 Å². The van der Waals surface area contributed by atoms with E-state index in [2.05, 4.69) is 30.8 Å². The van der Waals surface area contributed by atoms with Gasteiger partial charge in [-0.25, -0.2) is 0 Å². The molecule has 1 aliphatic rings. The number of amides is 1. The maximum Gasteiger partial charge on any atom is 0.224 e. The number of hydrogen-bond donors (Lipinski definition) is 0. The molecule has 0 aliphatic carbocycles. The van der Waals surface area contributed by atoms with Crippen LogP contribution in [0.2, 0.25) is 0 Å². The third kappa shape index (κ3) is 4.06. The van der Waals surface area contributed by atoms with Crippen molar-refractivity contribution in [2.45, 2.75) is 59.2 Å². The summed E-state index contributed by atoms with van der Waals surface area (Å²) in [7, 11) is 0. The molecule has 1 fully saturated rings. The molecule has 5 nitrogen and oxygen atoms in total. The third-order valence-corrected chi connectivity index (χ3v) is 4.33. The van der Waals surface area contributed by atoms with Crippen molar-refractivity contribution < 1.29 is 4.79 Å². The van der Waals surface area contributed by atoms with Gasteiger partial charge < -0.3 is 4.90 Å². The highest BCUT2D eigenvalue weighted by Crippen LogP contribution is 2.16. The average molecular weight is 292 g/mol.